The zero-order valence-electron chi connectivity index (χ0n) is 6.52. The van der Waals surface area contributed by atoms with Gasteiger partial charge in [0, 0.05) is 0 Å². The van der Waals surface area contributed by atoms with Crippen molar-refractivity contribution in [1.82, 2.24) is 4.90 Å². The summed E-state index contributed by atoms with van der Waals surface area (Å²) >= 11 is 2.15. The second-order valence-electron chi connectivity index (χ2n) is 1.95. The third-order valence-electron chi connectivity index (χ3n) is 0.809. The Balaban J connectivity index is 0. The molecular formula is C6H17IN2. The second-order valence-corrected chi connectivity index (χ2v) is 1.95. The molecule has 0 amide bonds. The molecule has 0 radical (unpaired) electrons. The van der Waals surface area contributed by atoms with Crippen LogP contribution in [-0.2, 0) is 0 Å². The van der Waals surface area contributed by atoms with Crippen molar-refractivity contribution in [2.24, 2.45) is 5.73 Å². The van der Waals surface area contributed by atoms with Crippen molar-refractivity contribution in [2.45, 2.75) is 6.42 Å². The minimum atomic E-state index is 0.804. The van der Waals surface area contributed by atoms with Crippen LogP contribution >= 0.6 is 22.6 Å². The maximum Gasteiger partial charge on any atom is -0.00128 e. The fourth-order valence-corrected chi connectivity index (χ4v) is 0.408. The third kappa shape index (κ3) is 17.7. The Morgan fingerprint density at radius 3 is 1.89 bits per heavy atom. The summed E-state index contributed by atoms with van der Waals surface area (Å²) in [6.07, 6.45) is 1.10. The molecule has 0 aromatic rings. The molecule has 0 bridgehead atoms. The molecule has 0 aliphatic carbocycles. The molecule has 3 heteroatoms. The van der Waals surface area contributed by atoms with Crippen molar-refractivity contribution in [2.75, 3.05) is 32.1 Å². The smallest absolute Gasteiger partial charge is 0.00128 e. The van der Waals surface area contributed by atoms with Gasteiger partial charge in [0.25, 0.3) is 0 Å². The summed E-state index contributed by atoms with van der Waals surface area (Å²) in [5.74, 6) is 0. The third-order valence-corrected chi connectivity index (χ3v) is 0.809. The lowest BCUT2D eigenvalue weighted by molar-refractivity contribution is 0.403. The first-order valence-corrected chi connectivity index (χ1v) is 5.15. The zero-order chi connectivity index (χ0) is 7.70. The van der Waals surface area contributed by atoms with Gasteiger partial charge in [-0.1, -0.05) is 22.6 Å². The number of hydrogen-bond donors (Lipinski definition) is 1. The molecule has 0 saturated carbocycles. The quantitative estimate of drug-likeness (QED) is 0.591. The summed E-state index contributed by atoms with van der Waals surface area (Å²) < 4.78 is 0. The molecule has 0 heterocycles. The lowest BCUT2D eigenvalue weighted by Gasteiger charge is -2.05. The average Bonchev–Trinajstić information content (AvgIpc) is 1.88. The minimum Gasteiger partial charge on any atom is -0.330 e. The van der Waals surface area contributed by atoms with E-state index >= 15 is 0 Å². The Hall–Kier alpha value is 0.650. The molecule has 58 valence electrons. The van der Waals surface area contributed by atoms with Gasteiger partial charge in [-0.3, -0.25) is 0 Å². The summed E-state index contributed by atoms with van der Waals surface area (Å²) in [6.45, 7) is 1.91. The van der Waals surface area contributed by atoms with Crippen LogP contribution in [0.4, 0.5) is 0 Å². The van der Waals surface area contributed by atoms with Crippen LogP contribution in [0.15, 0.2) is 0 Å². The Kier molecular flexibility index (Phi) is 15.7. The molecule has 0 aliphatic rings. The Bertz CT molecular complexity index is 40.0. The van der Waals surface area contributed by atoms with Gasteiger partial charge < -0.3 is 10.6 Å². The minimum absolute atomic E-state index is 0.804. The Morgan fingerprint density at radius 1 is 1.33 bits per heavy atom. The molecule has 9 heavy (non-hydrogen) atoms. The maximum atomic E-state index is 5.25. The van der Waals surface area contributed by atoms with Gasteiger partial charge in [-0.15, -0.1) is 0 Å². The molecule has 0 unspecified atom stereocenters. The SMILES string of the molecule is CI.CN(C)CCCN. The van der Waals surface area contributed by atoms with Gasteiger partial charge in [0.05, 0.1) is 0 Å². The molecule has 0 rings (SSSR count). The largest absolute Gasteiger partial charge is 0.330 e. The van der Waals surface area contributed by atoms with Crippen LogP contribution < -0.4 is 5.73 Å². The number of nitrogens with zero attached hydrogens (tertiary/aromatic N) is 1. The highest BCUT2D eigenvalue weighted by atomic mass is 127. The van der Waals surface area contributed by atoms with Crippen LogP contribution in [0.1, 0.15) is 6.42 Å². The van der Waals surface area contributed by atoms with Crippen molar-refractivity contribution in [3.8, 4) is 0 Å². The predicted molar refractivity (Wildman–Crippen MR) is 52.2 cm³/mol. The van der Waals surface area contributed by atoms with Crippen LogP contribution in [0.2, 0.25) is 0 Å². The number of halogens is 1. The average molecular weight is 244 g/mol. The summed E-state index contributed by atoms with van der Waals surface area (Å²) in [7, 11) is 4.10. The first-order chi connectivity index (χ1) is 4.27. The lowest BCUT2D eigenvalue weighted by atomic mass is 10.4. The fraction of sp³-hybridized carbons (Fsp3) is 1.00. The standard InChI is InChI=1S/C5H14N2.CH3I/c1-7(2)5-3-4-6;1-2/h3-6H2,1-2H3;1H3. The molecular weight excluding hydrogens is 227 g/mol. The van der Waals surface area contributed by atoms with E-state index in [1.165, 1.54) is 0 Å². The molecule has 0 aromatic carbocycles. The molecule has 0 fully saturated rings. The van der Waals surface area contributed by atoms with Crippen molar-refractivity contribution in [3.05, 3.63) is 0 Å². The zero-order valence-corrected chi connectivity index (χ0v) is 8.68. The first kappa shape index (κ1) is 12.3. The number of nitrogens with two attached hydrogens (primary N) is 1. The van der Waals surface area contributed by atoms with Crippen molar-refractivity contribution >= 4 is 22.6 Å². The molecule has 2 nitrogen and oxygen atoms in total. The van der Waals surface area contributed by atoms with E-state index in [0.717, 1.165) is 19.5 Å². The monoisotopic (exact) mass is 244 g/mol. The molecule has 2 N–H and O–H groups in total. The lowest BCUT2D eigenvalue weighted by Crippen LogP contribution is -2.16. The summed E-state index contributed by atoms with van der Waals surface area (Å²) in [5, 5.41) is 0. The van der Waals surface area contributed by atoms with Gasteiger partial charge in [-0.25, -0.2) is 0 Å². The van der Waals surface area contributed by atoms with Crippen LogP contribution in [0.3, 0.4) is 0 Å². The van der Waals surface area contributed by atoms with Crippen molar-refractivity contribution in [3.63, 3.8) is 0 Å². The molecule has 0 saturated heterocycles. The second kappa shape index (κ2) is 11.4. The number of alkyl halides is 1. The maximum absolute atomic E-state index is 5.25. The highest BCUT2D eigenvalue weighted by Gasteiger charge is 1.83. The fourth-order valence-electron chi connectivity index (χ4n) is 0.408. The molecule has 0 aliphatic heterocycles. The highest BCUT2D eigenvalue weighted by molar-refractivity contribution is 14.1. The summed E-state index contributed by atoms with van der Waals surface area (Å²) in [5.41, 5.74) is 5.25. The van der Waals surface area contributed by atoms with Gasteiger partial charge in [0.15, 0.2) is 0 Å². The van der Waals surface area contributed by atoms with Crippen molar-refractivity contribution in [1.29, 1.82) is 0 Å². The van der Waals surface area contributed by atoms with Crippen molar-refractivity contribution < 1.29 is 0 Å². The normalized spacial score (nSPS) is 8.67. The Labute approximate surface area is 71.9 Å². The van der Waals surface area contributed by atoms with E-state index in [-0.39, 0.29) is 0 Å². The highest BCUT2D eigenvalue weighted by Crippen LogP contribution is 1.76. The van der Waals surface area contributed by atoms with E-state index in [4.69, 9.17) is 5.73 Å². The van der Waals surface area contributed by atoms with E-state index in [9.17, 15) is 0 Å². The van der Waals surface area contributed by atoms with E-state index in [1.54, 1.807) is 0 Å². The molecule has 0 aromatic heterocycles. The predicted octanol–water partition coefficient (Wildman–Crippen LogP) is 0.948. The van der Waals surface area contributed by atoms with Crippen LogP contribution in [0.5, 0.6) is 0 Å². The van der Waals surface area contributed by atoms with Crippen LogP contribution in [-0.4, -0.2) is 37.0 Å². The molecule has 0 spiro atoms. The van der Waals surface area contributed by atoms with Crippen LogP contribution in [0, 0.1) is 0 Å². The van der Waals surface area contributed by atoms with E-state index in [1.807, 2.05) is 4.93 Å². The number of rotatable bonds is 3. The van der Waals surface area contributed by atoms with E-state index in [2.05, 4.69) is 41.6 Å². The van der Waals surface area contributed by atoms with Gasteiger partial charge >= 0.3 is 0 Å². The van der Waals surface area contributed by atoms with Gasteiger partial charge in [-0.05, 0) is 38.5 Å². The van der Waals surface area contributed by atoms with E-state index in [0.29, 0.717) is 0 Å². The first-order valence-electron chi connectivity index (χ1n) is 3.00. The molecule has 0 atom stereocenters. The van der Waals surface area contributed by atoms with Crippen LogP contribution in [0.25, 0.3) is 0 Å². The topological polar surface area (TPSA) is 29.3 Å². The van der Waals surface area contributed by atoms with E-state index < -0.39 is 0 Å². The Morgan fingerprint density at radius 2 is 1.78 bits per heavy atom. The summed E-state index contributed by atoms with van der Waals surface area (Å²) in [4.78, 5) is 4.10. The van der Waals surface area contributed by atoms with Gasteiger partial charge in [0.1, 0.15) is 0 Å². The van der Waals surface area contributed by atoms with Gasteiger partial charge in [-0.2, -0.15) is 0 Å². The number of hydrogen-bond acceptors (Lipinski definition) is 2. The summed E-state index contributed by atoms with van der Waals surface area (Å²) in [6, 6.07) is 0. The van der Waals surface area contributed by atoms with Gasteiger partial charge in [0.2, 0.25) is 0 Å².